The molecule has 1 aromatic rings. The van der Waals surface area contributed by atoms with Gasteiger partial charge in [-0.25, -0.2) is 4.98 Å². The van der Waals surface area contributed by atoms with Crippen LogP contribution in [-0.2, 0) is 18.3 Å². The number of carbonyl (C=O) groups is 1. The smallest absolute Gasteiger partial charge is 0.307 e. The molecule has 0 spiro atoms. The van der Waals surface area contributed by atoms with E-state index in [2.05, 4.69) is 17.0 Å². The monoisotopic (exact) mass is 251 g/mol. The molecule has 1 aromatic heterocycles. The summed E-state index contributed by atoms with van der Waals surface area (Å²) in [5, 5.41) is 13.7. The van der Waals surface area contributed by atoms with Gasteiger partial charge in [-0.15, -0.1) is 0 Å². The average molecular weight is 251 g/mol. The van der Waals surface area contributed by atoms with E-state index in [0.717, 1.165) is 37.3 Å². The largest absolute Gasteiger partial charge is 0.481 e. The first-order valence-electron chi connectivity index (χ1n) is 6.69. The molecule has 1 saturated carbocycles. The molecular formula is C13H21N3O2. The van der Waals surface area contributed by atoms with E-state index in [0.29, 0.717) is 5.92 Å². The third kappa shape index (κ3) is 2.26. The van der Waals surface area contributed by atoms with Crippen LogP contribution in [0.1, 0.15) is 50.7 Å². The Morgan fingerprint density at radius 3 is 2.67 bits per heavy atom. The molecule has 3 atom stereocenters. The summed E-state index contributed by atoms with van der Waals surface area (Å²) in [6, 6.07) is 0. The van der Waals surface area contributed by atoms with Gasteiger partial charge in [0.2, 0.25) is 0 Å². The Hall–Kier alpha value is -1.39. The molecule has 0 bridgehead atoms. The van der Waals surface area contributed by atoms with Gasteiger partial charge in [-0.1, -0.05) is 20.3 Å². The van der Waals surface area contributed by atoms with Gasteiger partial charge in [0.1, 0.15) is 5.82 Å². The summed E-state index contributed by atoms with van der Waals surface area (Å²) in [6.45, 7) is 4.14. The minimum Gasteiger partial charge on any atom is -0.481 e. The zero-order valence-corrected chi connectivity index (χ0v) is 11.3. The molecular weight excluding hydrogens is 230 g/mol. The summed E-state index contributed by atoms with van der Waals surface area (Å²) in [7, 11) is 1.86. The molecule has 0 amide bonds. The molecule has 1 N–H and O–H groups in total. The normalized spacial score (nSPS) is 27.6. The van der Waals surface area contributed by atoms with Crippen LogP contribution in [0.2, 0.25) is 0 Å². The fourth-order valence-corrected chi connectivity index (χ4v) is 2.96. The lowest BCUT2D eigenvalue weighted by Crippen LogP contribution is -2.19. The van der Waals surface area contributed by atoms with Gasteiger partial charge >= 0.3 is 5.97 Å². The number of hydrogen-bond acceptors (Lipinski definition) is 3. The highest BCUT2D eigenvalue weighted by Crippen LogP contribution is 2.43. The van der Waals surface area contributed by atoms with Gasteiger partial charge in [-0.05, 0) is 18.8 Å². The Bertz CT molecular complexity index is 441. The molecule has 0 saturated heterocycles. The SMILES string of the molecule is CCc1nc(C2CC(CC)CC2C(=O)O)n(C)n1. The number of carboxylic acid groups (broad SMARTS) is 1. The number of aryl methyl sites for hydroxylation is 2. The second-order valence-corrected chi connectivity index (χ2v) is 5.16. The van der Waals surface area contributed by atoms with E-state index >= 15 is 0 Å². The lowest BCUT2D eigenvalue weighted by Gasteiger charge is -2.14. The van der Waals surface area contributed by atoms with E-state index in [1.807, 2.05) is 14.0 Å². The van der Waals surface area contributed by atoms with Gasteiger partial charge in [-0.3, -0.25) is 9.48 Å². The number of carboxylic acids is 1. The quantitative estimate of drug-likeness (QED) is 0.888. The Morgan fingerprint density at radius 1 is 1.44 bits per heavy atom. The van der Waals surface area contributed by atoms with Crippen LogP contribution in [0.3, 0.4) is 0 Å². The maximum atomic E-state index is 11.4. The standard InChI is InChI=1S/C13H21N3O2/c1-4-8-6-9(10(7-8)13(17)18)12-14-11(5-2)15-16(12)3/h8-10H,4-7H2,1-3H3,(H,17,18). The lowest BCUT2D eigenvalue weighted by molar-refractivity contribution is -0.142. The van der Waals surface area contributed by atoms with Crippen molar-refractivity contribution in [1.29, 1.82) is 0 Å². The first-order chi connectivity index (χ1) is 8.56. The van der Waals surface area contributed by atoms with E-state index in [-0.39, 0.29) is 11.8 Å². The van der Waals surface area contributed by atoms with Crippen molar-refractivity contribution in [1.82, 2.24) is 14.8 Å². The van der Waals surface area contributed by atoms with Crippen molar-refractivity contribution in [2.45, 2.75) is 45.4 Å². The van der Waals surface area contributed by atoms with Crippen LogP contribution >= 0.6 is 0 Å². The predicted octanol–water partition coefficient (Wildman–Crippen LogP) is 1.98. The predicted molar refractivity (Wildman–Crippen MR) is 67.3 cm³/mol. The third-order valence-corrected chi connectivity index (χ3v) is 4.04. The Kier molecular flexibility index (Phi) is 3.68. The molecule has 0 aromatic carbocycles. The molecule has 5 heteroatoms. The zero-order chi connectivity index (χ0) is 13.3. The van der Waals surface area contributed by atoms with Crippen LogP contribution in [-0.4, -0.2) is 25.8 Å². The minimum absolute atomic E-state index is 0.0187. The van der Waals surface area contributed by atoms with E-state index in [9.17, 15) is 9.90 Å². The molecule has 1 fully saturated rings. The average Bonchev–Trinajstić information content (AvgIpc) is 2.91. The Balaban J connectivity index is 2.29. The second kappa shape index (κ2) is 5.08. The van der Waals surface area contributed by atoms with Crippen LogP contribution < -0.4 is 0 Å². The third-order valence-electron chi connectivity index (χ3n) is 4.04. The van der Waals surface area contributed by atoms with E-state index in [4.69, 9.17) is 0 Å². The van der Waals surface area contributed by atoms with E-state index < -0.39 is 5.97 Å². The fourth-order valence-electron chi connectivity index (χ4n) is 2.96. The molecule has 1 aliphatic carbocycles. The van der Waals surface area contributed by atoms with E-state index in [1.54, 1.807) is 4.68 Å². The van der Waals surface area contributed by atoms with Crippen LogP contribution in [0.15, 0.2) is 0 Å². The molecule has 3 unspecified atom stereocenters. The van der Waals surface area contributed by atoms with Gasteiger partial charge in [-0.2, -0.15) is 5.10 Å². The number of aliphatic carboxylic acids is 1. The van der Waals surface area contributed by atoms with Crippen LogP contribution in [0.25, 0.3) is 0 Å². The molecule has 100 valence electrons. The first kappa shape index (κ1) is 13.1. The summed E-state index contributed by atoms with van der Waals surface area (Å²) in [4.78, 5) is 15.9. The fraction of sp³-hybridized carbons (Fsp3) is 0.769. The minimum atomic E-state index is -0.697. The molecule has 0 radical (unpaired) electrons. The molecule has 0 aliphatic heterocycles. The zero-order valence-electron chi connectivity index (χ0n) is 11.3. The maximum absolute atomic E-state index is 11.4. The van der Waals surface area contributed by atoms with Crippen molar-refractivity contribution < 1.29 is 9.90 Å². The highest BCUT2D eigenvalue weighted by atomic mass is 16.4. The first-order valence-corrected chi connectivity index (χ1v) is 6.69. The highest BCUT2D eigenvalue weighted by Gasteiger charge is 2.41. The Morgan fingerprint density at radius 2 is 2.17 bits per heavy atom. The maximum Gasteiger partial charge on any atom is 0.307 e. The Labute approximate surface area is 107 Å². The highest BCUT2D eigenvalue weighted by molar-refractivity contribution is 5.71. The van der Waals surface area contributed by atoms with Crippen molar-refractivity contribution in [3.8, 4) is 0 Å². The molecule has 1 heterocycles. The summed E-state index contributed by atoms with van der Waals surface area (Å²) in [6.07, 6.45) is 3.52. The van der Waals surface area contributed by atoms with Crippen LogP contribution in [0.5, 0.6) is 0 Å². The van der Waals surface area contributed by atoms with Crippen LogP contribution in [0, 0.1) is 11.8 Å². The van der Waals surface area contributed by atoms with Crippen molar-refractivity contribution in [2.24, 2.45) is 18.9 Å². The van der Waals surface area contributed by atoms with Gasteiger partial charge in [0.05, 0.1) is 5.92 Å². The molecule has 2 rings (SSSR count). The van der Waals surface area contributed by atoms with Crippen molar-refractivity contribution >= 4 is 5.97 Å². The van der Waals surface area contributed by atoms with Gasteiger partial charge in [0.25, 0.3) is 0 Å². The molecule has 18 heavy (non-hydrogen) atoms. The molecule has 5 nitrogen and oxygen atoms in total. The number of nitrogens with zero attached hydrogens (tertiary/aromatic N) is 3. The van der Waals surface area contributed by atoms with Gasteiger partial charge < -0.3 is 5.11 Å². The summed E-state index contributed by atoms with van der Waals surface area (Å²) >= 11 is 0. The number of aromatic nitrogens is 3. The van der Waals surface area contributed by atoms with Crippen LogP contribution in [0.4, 0.5) is 0 Å². The second-order valence-electron chi connectivity index (χ2n) is 5.16. The lowest BCUT2D eigenvalue weighted by atomic mass is 9.95. The van der Waals surface area contributed by atoms with Crippen molar-refractivity contribution in [2.75, 3.05) is 0 Å². The summed E-state index contributed by atoms with van der Waals surface area (Å²) in [5.41, 5.74) is 0. The molecule has 1 aliphatic rings. The number of rotatable bonds is 4. The van der Waals surface area contributed by atoms with Crippen molar-refractivity contribution in [3.63, 3.8) is 0 Å². The van der Waals surface area contributed by atoms with Gasteiger partial charge in [0, 0.05) is 19.4 Å². The topological polar surface area (TPSA) is 68.0 Å². The van der Waals surface area contributed by atoms with Crippen molar-refractivity contribution in [3.05, 3.63) is 11.6 Å². The summed E-state index contributed by atoms with van der Waals surface area (Å²) < 4.78 is 1.76. The number of hydrogen-bond donors (Lipinski definition) is 1. The summed E-state index contributed by atoms with van der Waals surface area (Å²) in [5.74, 6) is 1.16. The van der Waals surface area contributed by atoms with E-state index in [1.165, 1.54) is 0 Å². The van der Waals surface area contributed by atoms with Gasteiger partial charge in [0.15, 0.2) is 5.82 Å².